The van der Waals surface area contributed by atoms with Gasteiger partial charge in [0.05, 0.1) is 12.7 Å². The Morgan fingerprint density at radius 2 is 1.13 bits per heavy atom. The first-order chi connectivity index (χ1) is 14.7. The number of ether oxygens (including phenoxy) is 5. The Hall–Kier alpha value is -0.460. The van der Waals surface area contributed by atoms with Crippen molar-refractivity contribution in [3.63, 3.8) is 0 Å². The first kappa shape index (κ1) is 27.6. The maximum Gasteiger partial charge on any atom is 0.115 e. The van der Waals surface area contributed by atoms with Crippen LogP contribution < -0.4 is 0 Å². The zero-order chi connectivity index (χ0) is 22.0. The third kappa shape index (κ3) is 10.2. The van der Waals surface area contributed by atoms with E-state index in [1.54, 1.807) is 0 Å². The Kier molecular flexibility index (Phi) is 16.7. The molecule has 1 heterocycles. The molecule has 1 saturated heterocycles. The van der Waals surface area contributed by atoms with E-state index < -0.39 is 0 Å². The van der Waals surface area contributed by atoms with E-state index >= 15 is 0 Å². The molecular formula is C25H48O5. The monoisotopic (exact) mass is 428 g/mol. The lowest BCUT2D eigenvalue weighted by Gasteiger charge is -2.46. The lowest BCUT2D eigenvalue weighted by molar-refractivity contribution is -0.265. The van der Waals surface area contributed by atoms with Gasteiger partial charge in [0, 0.05) is 26.4 Å². The molecule has 0 aliphatic carbocycles. The Morgan fingerprint density at radius 3 is 1.63 bits per heavy atom. The van der Waals surface area contributed by atoms with Gasteiger partial charge >= 0.3 is 0 Å². The molecule has 178 valence electrons. The summed E-state index contributed by atoms with van der Waals surface area (Å²) >= 11 is 0. The van der Waals surface area contributed by atoms with Crippen molar-refractivity contribution >= 4 is 0 Å². The quantitative estimate of drug-likeness (QED) is 0.195. The minimum atomic E-state index is -0.178. The molecule has 30 heavy (non-hydrogen) atoms. The van der Waals surface area contributed by atoms with Crippen LogP contribution in [0.25, 0.3) is 0 Å². The largest absolute Gasteiger partial charge is 0.379 e. The summed E-state index contributed by atoms with van der Waals surface area (Å²) in [6.07, 6.45) is 10.5. The average Bonchev–Trinajstić information content (AvgIpc) is 2.75. The normalized spacial score (nSPS) is 26.7. The summed E-state index contributed by atoms with van der Waals surface area (Å²) < 4.78 is 31.6. The SMILES string of the molecule is C=CC[C@H]1OC(COCCCC)[C@H](OCCCC)C(OCCCC)C1OCCCC. The fraction of sp³-hybridized carbons (Fsp3) is 0.920. The highest BCUT2D eigenvalue weighted by Gasteiger charge is 2.47. The molecule has 0 saturated carbocycles. The van der Waals surface area contributed by atoms with E-state index in [-0.39, 0.29) is 30.5 Å². The lowest BCUT2D eigenvalue weighted by atomic mass is 9.92. The summed E-state index contributed by atoms with van der Waals surface area (Å²) in [5, 5.41) is 0. The summed E-state index contributed by atoms with van der Waals surface area (Å²) in [6, 6.07) is 0. The predicted molar refractivity (Wildman–Crippen MR) is 123 cm³/mol. The standard InChI is InChI=1S/C25H48O5/c1-6-11-16-26-20-22-24(28-18-13-8-3)25(29-19-14-9-4)23(27-17-12-7-2)21(30-22)15-10-5/h10,21-25H,5-9,11-20H2,1-4H3/t21-,22?,23?,24+,25?/m1/s1. The van der Waals surface area contributed by atoms with E-state index in [4.69, 9.17) is 23.7 Å². The first-order valence-corrected chi connectivity index (χ1v) is 12.4. The maximum atomic E-state index is 6.50. The topological polar surface area (TPSA) is 46.2 Å². The molecule has 1 aliphatic heterocycles. The fourth-order valence-electron chi connectivity index (χ4n) is 3.61. The second-order valence-electron chi connectivity index (χ2n) is 8.23. The summed E-state index contributed by atoms with van der Waals surface area (Å²) in [5.74, 6) is 0. The highest BCUT2D eigenvalue weighted by atomic mass is 16.6. The van der Waals surface area contributed by atoms with E-state index in [0.29, 0.717) is 26.4 Å². The van der Waals surface area contributed by atoms with Crippen LogP contribution in [0, 0.1) is 0 Å². The minimum Gasteiger partial charge on any atom is -0.379 e. The Morgan fingerprint density at radius 1 is 0.667 bits per heavy atom. The molecule has 0 aromatic heterocycles. The van der Waals surface area contributed by atoms with Gasteiger partial charge in [-0.15, -0.1) is 6.58 Å². The molecule has 0 bridgehead atoms. The van der Waals surface area contributed by atoms with Crippen LogP contribution in [0.4, 0.5) is 0 Å². The van der Waals surface area contributed by atoms with Crippen LogP contribution in [0.3, 0.4) is 0 Å². The smallest absolute Gasteiger partial charge is 0.115 e. The Labute approximate surface area is 185 Å². The number of hydrogen-bond acceptors (Lipinski definition) is 5. The third-order valence-corrected chi connectivity index (χ3v) is 5.48. The van der Waals surface area contributed by atoms with Gasteiger partial charge < -0.3 is 23.7 Å². The van der Waals surface area contributed by atoms with Crippen LogP contribution in [0.1, 0.15) is 85.5 Å². The van der Waals surface area contributed by atoms with Gasteiger partial charge in [0.2, 0.25) is 0 Å². The molecule has 0 aromatic rings. The third-order valence-electron chi connectivity index (χ3n) is 5.48. The first-order valence-electron chi connectivity index (χ1n) is 12.4. The summed E-state index contributed by atoms with van der Waals surface area (Å²) in [4.78, 5) is 0. The molecule has 1 rings (SSSR count). The highest BCUT2D eigenvalue weighted by molar-refractivity contribution is 4.97. The van der Waals surface area contributed by atoms with E-state index in [9.17, 15) is 0 Å². The van der Waals surface area contributed by atoms with Crippen LogP contribution in [-0.4, -0.2) is 63.6 Å². The molecule has 0 radical (unpaired) electrons. The molecule has 3 unspecified atom stereocenters. The van der Waals surface area contributed by atoms with Gasteiger partial charge in [0.25, 0.3) is 0 Å². The zero-order valence-electron chi connectivity index (χ0n) is 20.1. The molecular weight excluding hydrogens is 380 g/mol. The summed E-state index contributed by atoms with van der Waals surface area (Å²) in [5.41, 5.74) is 0. The van der Waals surface area contributed by atoms with E-state index in [1.807, 2.05) is 6.08 Å². The minimum absolute atomic E-state index is 0.0863. The molecule has 0 N–H and O–H groups in total. The van der Waals surface area contributed by atoms with Gasteiger partial charge in [0.1, 0.15) is 24.4 Å². The van der Waals surface area contributed by atoms with Crippen molar-refractivity contribution in [2.45, 2.75) is 116 Å². The van der Waals surface area contributed by atoms with Crippen molar-refractivity contribution in [3.8, 4) is 0 Å². The van der Waals surface area contributed by atoms with Crippen molar-refractivity contribution in [3.05, 3.63) is 12.7 Å². The maximum absolute atomic E-state index is 6.50. The van der Waals surface area contributed by atoms with Gasteiger partial charge in [0.15, 0.2) is 0 Å². The zero-order valence-corrected chi connectivity index (χ0v) is 20.1. The fourth-order valence-corrected chi connectivity index (χ4v) is 3.61. The molecule has 5 heteroatoms. The van der Waals surface area contributed by atoms with Crippen LogP contribution in [0.5, 0.6) is 0 Å². The van der Waals surface area contributed by atoms with Gasteiger partial charge in [-0.1, -0.05) is 59.5 Å². The predicted octanol–water partition coefficient (Wildman–Crippen LogP) is 5.70. The summed E-state index contributed by atoms with van der Waals surface area (Å²) in [6.45, 7) is 16.1. The van der Waals surface area contributed by atoms with E-state index in [1.165, 1.54) is 0 Å². The molecule has 0 aromatic carbocycles. The second-order valence-corrected chi connectivity index (χ2v) is 8.23. The van der Waals surface area contributed by atoms with Gasteiger partial charge in [-0.2, -0.15) is 0 Å². The Bertz CT molecular complexity index is 403. The van der Waals surface area contributed by atoms with Crippen molar-refractivity contribution < 1.29 is 23.7 Å². The van der Waals surface area contributed by atoms with Gasteiger partial charge in [-0.3, -0.25) is 0 Å². The average molecular weight is 429 g/mol. The molecule has 1 fully saturated rings. The van der Waals surface area contributed by atoms with Crippen molar-refractivity contribution in [2.75, 3.05) is 33.0 Å². The molecule has 0 amide bonds. The van der Waals surface area contributed by atoms with Crippen molar-refractivity contribution in [2.24, 2.45) is 0 Å². The van der Waals surface area contributed by atoms with Crippen LogP contribution in [0.15, 0.2) is 12.7 Å². The molecule has 1 aliphatic rings. The molecule has 5 atom stereocenters. The Balaban J connectivity index is 2.99. The lowest BCUT2D eigenvalue weighted by Crippen LogP contribution is -2.61. The van der Waals surface area contributed by atoms with Crippen molar-refractivity contribution in [1.29, 1.82) is 0 Å². The van der Waals surface area contributed by atoms with Gasteiger partial charge in [-0.25, -0.2) is 0 Å². The number of hydrogen-bond donors (Lipinski definition) is 0. The van der Waals surface area contributed by atoms with E-state index in [0.717, 1.165) is 64.4 Å². The van der Waals surface area contributed by atoms with Crippen LogP contribution >= 0.6 is 0 Å². The van der Waals surface area contributed by atoms with E-state index in [2.05, 4.69) is 34.3 Å². The van der Waals surface area contributed by atoms with Gasteiger partial charge in [-0.05, 0) is 32.1 Å². The summed E-state index contributed by atoms with van der Waals surface area (Å²) in [7, 11) is 0. The van der Waals surface area contributed by atoms with Crippen molar-refractivity contribution in [1.82, 2.24) is 0 Å². The molecule has 0 spiro atoms. The highest BCUT2D eigenvalue weighted by Crippen LogP contribution is 2.31. The number of unbranched alkanes of at least 4 members (excludes halogenated alkanes) is 4. The van der Waals surface area contributed by atoms with Crippen LogP contribution in [-0.2, 0) is 23.7 Å². The second kappa shape index (κ2) is 18.1. The number of rotatable bonds is 19. The molecule has 5 nitrogen and oxygen atoms in total. The van der Waals surface area contributed by atoms with Crippen LogP contribution in [0.2, 0.25) is 0 Å².